The number of carbonyl (C=O) groups excluding carboxylic acids is 1. The Balaban J connectivity index is 1.45. The van der Waals surface area contributed by atoms with Crippen molar-refractivity contribution in [2.45, 2.75) is 19.8 Å². The SMILES string of the molecule is Cc1ccc2oc(=O)c(CC(Cc3cccc(OCCN4CCOCC4)c3)C(=O)NO)cc2c1. The second-order valence-electron chi connectivity index (χ2n) is 8.63. The van der Waals surface area contributed by atoms with E-state index in [1.807, 2.05) is 43.3 Å². The Morgan fingerprint density at radius 2 is 1.97 bits per heavy atom. The quantitative estimate of drug-likeness (QED) is 0.284. The summed E-state index contributed by atoms with van der Waals surface area (Å²) in [5.74, 6) is -0.490. The molecule has 3 aromatic rings. The van der Waals surface area contributed by atoms with Crippen LogP contribution in [0.4, 0.5) is 0 Å². The van der Waals surface area contributed by atoms with Crippen LogP contribution in [0.25, 0.3) is 11.0 Å². The van der Waals surface area contributed by atoms with E-state index >= 15 is 0 Å². The maximum Gasteiger partial charge on any atom is 0.339 e. The first kappa shape index (κ1) is 23.9. The smallest absolute Gasteiger partial charge is 0.339 e. The van der Waals surface area contributed by atoms with Crippen LogP contribution >= 0.6 is 0 Å². The second-order valence-corrected chi connectivity index (χ2v) is 8.63. The Morgan fingerprint density at radius 3 is 2.76 bits per heavy atom. The molecule has 0 bridgehead atoms. The van der Waals surface area contributed by atoms with Crippen molar-refractivity contribution < 1.29 is 23.9 Å². The van der Waals surface area contributed by atoms with Gasteiger partial charge in [-0.25, -0.2) is 10.3 Å². The van der Waals surface area contributed by atoms with Gasteiger partial charge < -0.3 is 13.9 Å². The molecule has 0 aliphatic carbocycles. The summed E-state index contributed by atoms with van der Waals surface area (Å²) < 4.78 is 16.7. The highest BCUT2D eigenvalue weighted by atomic mass is 16.5. The van der Waals surface area contributed by atoms with Gasteiger partial charge in [0.1, 0.15) is 17.9 Å². The van der Waals surface area contributed by atoms with Crippen LogP contribution in [0, 0.1) is 12.8 Å². The number of nitrogens with zero attached hydrogens (tertiary/aromatic N) is 1. The molecule has 0 spiro atoms. The third-order valence-corrected chi connectivity index (χ3v) is 6.07. The van der Waals surface area contributed by atoms with Crippen LogP contribution in [0.5, 0.6) is 5.75 Å². The molecule has 1 fully saturated rings. The lowest BCUT2D eigenvalue weighted by Gasteiger charge is -2.26. The molecule has 8 heteroatoms. The zero-order chi connectivity index (χ0) is 23.9. The molecular weight excluding hydrogens is 436 g/mol. The molecule has 1 aromatic heterocycles. The van der Waals surface area contributed by atoms with E-state index in [2.05, 4.69) is 4.90 Å². The normalized spacial score (nSPS) is 15.2. The standard InChI is InChI=1S/C26H30N2O6/c1-18-5-6-24-20(13-18)16-22(26(30)34-24)17-21(25(29)27-31)14-19-3-2-4-23(15-19)33-12-9-28-7-10-32-11-8-28/h2-6,13,15-16,21,31H,7-12,14,17H2,1H3,(H,27,29). The lowest BCUT2D eigenvalue weighted by atomic mass is 9.92. The van der Waals surface area contributed by atoms with Gasteiger partial charge >= 0.3 is 5.63 Å². The summed E-state index contributed by atoms with van der Waals surface area (Å²) in [6, 6.07) is 14.9. The highest BCUT2D eigenvalue weighted by Gasteiger charge is 2.22. The van der Waals surface area contributed by atoms with Gasteiger partial charge in [-0.3, -0.25) is 14.9 Å². The van der Waals surface area contributed by atoms with Gasteiger partial charge in [0.25, 0.3) is 0 Å². The maximum atomic E-state index is 12.5. The van der Waals surface area contributed by atoms with Crippen LogP contribution in [0.1, 0.15) is 16.7 Å². The van der Waals surface area contributed by atoms with Gasteiger partial charge in [-0.05, 0) is 55.7 Å². The van der Waals surface area contributed by atoms with Gasteiger partial charge in [-0.1, -0.05) is 23.8 Å². The number of hydrogen-bond acceptors (Lipinski definition) is 7. The summed E-state index contributed by atoms with van der Waals surface area (Å²) in [6.45, 7) is 6.65. The largest absolute Gasteiger partial charge is 0.492 e. The summed E-state index contributed by atoms with van der Waals surface area (Å²) in [4.78, 5) is 27.3. The summed E-state index contributed by atoms with van der Waals surface area (Å²) >= 11 is 0. The van der Waals surface area contributed by atoms with Crippen LogP contribution in [0.15, 0.2) is 57.7 Å². The fourth-order valence-electron chi connectivity index (χ4n) is 4.21. The first-order valence-corrected chi connectivity index (χ1v) is 11.5. The Bertz CT molecular complexity index is 1190. The molecule has 34 heavy (non-hydrogen) atoms. The average molecular weight is 467 g/mol. The molecular formula is C26H30N2O6. The van der Waals surface area contributed by atoms with Crippen LogP contribution in [-0.2, 0) is 22.4 Å². The predicted octanol–water partition coefficient (Wildman–Crippen LogP) is 2.72. The highest BCUT2D eigenvalue weighted by molar-refractivity contribution is 5.79. The van der Waals surface area contributed by atoms with Gasteiger partial charge in [-0.15, -0.1) is 0 Å². The number of nitrogens with one attached hydrogen (secondary N) is 1. The molecule has 0 saturated carbocycles. The third-order valence-electron chi connectivity index (χ3n) is 6.07. The van der Waals surface area contributed by atoms with Crippen LogP contribution in [0.2, 0.25) is 0 Å². The zero-order valence-corrected chi connectivity index (χ0v) is 19.3. The van der Waals surface area contributed by atoms with Gasteiger partial charge in [-0.2, -0.15) is 0 Å². The minimum absolute atomic E-state index is 0.140. The van der Waals surface area contributed by atoms with Gasteiger partial charge in [0.2, 0.25) is 5.91 Å². The number of benzene rings is 2. The van der Waals surface area contributed by atoms with E-state index in [4.69, 9.17) is 13.9 Å². The van der Waals surface area contributed by atoms with Crippen LogP contribution < -0.4 is 15.8 Å². The zero-order valence-electron chi connectivity index (χ0n) is 19.3. The van der Waals surface area contributed by atoms with Crippen molar-refractivity contribution >= 4 is 16.9 Å². The van der Waals surface area contributed by atoms with Crippen molar-refractivity contribution in [3.8, 4) is 5.75 Å². The summed E-state index contributed by atoms with van der Waals surface area (Å²) in [6.07, 6.45) is 0.471. The molecule has 4 rings (SSSR count). The fraction of sp³-hybridized carbons (Fsp3) is 0.385. The number of hydroxylamine groups is 1. The number of ether oxygens (including phenoxy) is 2. The summed E-state index contributed by atoms with van der Waals surface area (Å²) in [5, 5.41) is 10.1. The molecule has 2 N–H and O–H groups in total. The van der Waals surface area contributed by atoms with E-state index in [-0.39, 0.29) is 6.42 Å². The second kappa shape index (κ2) is 11.3. The minimum Gasteiger partial charge on any atom is -0.492 e. The van der Waals surface area contributed by atoms with E-state index in [1.165, 1.54) is 0 Å². The highest BCUT2D eigenvalue weighted by Crippen LogP contribution is 2.21. The van der Waals surface area contributed by atoms with Crippen molar-refractivity contribution in [1.29, 1.82) is 0 Å². The number of fused-ring (bicyclic) bond motifs is 1. The number of amides is 1. The van der Waals surface area contributed by atoms with Crippen molar-refractivity contribution in [1.82, 2.24) is 10.4 Å². The van der Waals surface area contributed by atoms with Gasteiger partial charge in [0.15, 0.2) is 0 Å². The molecule has 1 atom stereocenters. The predicted molar refractivity (Wildman–Crippen MR) is 127 cm³/mol. The lowest BCUT2D eigenvalue weighted by molar-refractivity contribution is -0.133. The molecule has 1 aliphatic heterocycles. The van der Waals surface area contributed by atoms with Crippen molar-refractivity contribution in [2.24, 2.45) is 5.92 Å². The summed E-state index contributed by atoms with van der Waals surface area (Å²) in [7, 11) is 0. The Labute approximate surface area is 198 Å². The molecule has 1 saturated heterocycles. The molecule has 1 unspecified atom stereocenters. The molecule has 1 aliphatic rings. The topological polar surface area (TPSA) is 101 Å². The van der Waals surface area contributed by atoms with E-state index < -0.39 is 17.5 Å². The number of carbonyl (C=O) groups is 1. The Hall–Kier alpha value is -3.20. The van der Waals surface area contributed by atoms with Crippen LogP contribution in [0.3, 0.4) is 0 Å². The Morgan fingerprint density at radius 1 is 1.15 bits per heavy atom. The van der Waals surface area contributed by atoms with Crippen molar-refractivity contribution in [3.63, 3.8) is 0 Å². The third kappa shape index (κ3) is 6.22. The first-order chi connectivity index (χ1) is 16.5. The van der Waals surface area contributed by atoms with Crippen molar-refractivity contribution in [3.05, 3.63) is 75.6 Å². The molecule has 0 radical (unpaired) electrons. The van der Waals surface area contributed by atoms with Gasteiger partial charge in [0.05, 0.1) is 13.2 Å². The van der Waals surface area contributed by atoms with Gasteiger partial charge in [0, 0.05) is 36.5 Å². The lowest BCUT2D eigenvalue weighted by Crippen LogP contribution is -2.38. The molecule has 180 valence electrons. The summed E-state index contributed by atoms with van der Waals surface area (Å²) in [5.41, 5.74) is 4.07. The average Bonchev–Trinajstić information content (AvgIpc) is 2.85. The fourth-order valence-corrected chi connectivity index (χ4v) is 4.21. The van der Waals surface area contributed by atoms with E-state index in [0.29, 0.717) is 24.2 Å². The monoisotopic (exact) mass is 466 g/mol. The maximum absolute atomic E-state index is 12.5. The van der Waals surface area contributed by atoms with E-state index in [9.17, 15) is 14.8 Å². The molecule has 2 aromatic carbocycles. The molecule has 8 nitrogen and oxygen atoms in total. The van der Waals surface area contributed by atoms with E-state index in [1.54, 1.807) is 17.6 Å². The number of aryl methyl sites for hydroxylation is 1. The number of rotatable bonds is 9. The van der Waals surface area contributed by atoms with Crippen molar-refractivity contribution in [2.75, 3.05) is 39.5 Å². The van der Waals surface area contributed by atoms with E-state index in [0.717, 1.165) is 55.1 Å². The first-order valence-electron chi connectivity index (χ1n) is 11.5. The Kier molecular flexibility index (Phi) is 7.95. The number of morpholine rings is 1. The molecule has 2 heterocycles. The minimum atomic E-state index is -0.654. The number of hydrogen-bond donors (Lipinski definition) is 2. The molecule has 1 amide bonds. The van der Waals surface area contributed by atoms with Crippen LogP contribution in [-0.4, -0.2) is 55.5 Å².